The van der Waals surface area contributed by atoms with Gasteiger partial charge < -0.3 is 34.9 Å². The lowest BCUT2D eigenvalue weighted by Crippen LogP contribution is -2.56. The summed E-state index contributed by atoms with van der Waals surface area (Å²) in [6, 6.07) is 11.0. The molecule has 5 rings (SSSR count). The Hall–Kier alpha value is -2.76. The van der Waals surface area contributed by atoms with E-state index in [0.29, 0.717) is 74.9 Å². The quantitative estimate of drug-likeness (QED) is 0.370. The van der Waals surface area contributed by atoms with Crippen LogP contribution in [0.15, 0.2) is 42.5 Å². The van der Waals surface area contributed by atoms with Crippen LogP contribution in [0.2, 0.25) is 5.02 Å². The molecule has 1 spiro atoms. The second-order valence-corrected chi connectivity index (χ2v) is 12.0. The summed E-state index contributed by atoms with van der Waals surface area (Å²) in [5.41, 5.74) is 1.38. The number of hydrogen-bond acceptors (Lipinski definition) is 7. The van der Waals surface area contributed by atoms with Crippen LogP contribution in [0.5, 0.6) is 0 Å². The van der Waals surface area contributed by atoms with Gasteiger partial charge in [0.05, 0.1) is 18.8 Å². The van der Waals surface area contributed by atoms with Crippen molar-refractivity contribution in [3.8, 4) is 0 Å². The van der Waals surface area contributed by atoms with Gasteiger partial charge in [0.2, 0.25) is 5.91 Å². The molecule has 2 aromatic carbocycles. The smallest absolute Gasteiger partial charge is 0.407 e. The number of anilines is 1. The second kappa shape index (κ2) is 14.8. The van der Waals surface area contributed by atoms with Gasteiger partial charge in [0.1, 0.15) is 11.9 Å². The molecule has 3 heterocycles. The summed E-state index contributed by atoms with van der Waals surface area (Å²) in [7, 11) is 1.26. The highest BCUT2D eigenvalue weighted by Gasteiger charge is 2.40. The minimum Gasteiger partial charge on any atom is -0.453 e. The Morgan fingerprint density at radius 2 is 1.81 bits per heavy atom. The minimum absolute atomic E-state index is 0.0447. The molecule has 234 valence electrons. The molecule has 0 bridgehead atoms. The summed E-state index contributed by atoms with van der Waals surface area (Å²) in [6.07, 6.45) is 3.22. The fourth-order valence-electron chi connectivity index (χ4n) is 6.54. The van der Waals surface area contributed by atoms with Crippen LogP contribution in [0.1, 0.15) is 49.1 Å². The van der Waals surface area contributed by atoms with Gasteiger partial charge >= 0.3 is 6.09 Å². The summed E-state index contributed by atoms with van der Waals surface area (Å²) in [5, 5.41) is 9.77. The standard InChI is InChI=1S/C32H41ClFN3O6/c1-40-31(39)37-29(28(22-11-15-41-16-12-22)21-5-7-23(33)8-6-21)30(38)36-27-4-2-3-26(34)25(27)10-9-24-19-35-20-32(43-24)13-17-42-18-14-32/h2-8,22,24,28-29,35H,9-20H2,1H3,(H,36,38)(H,37,39)/t24-,28?,29+/m1/s1. The molecule has 3 atom stereocenters. The van der Waals surface area contributed by atoms with Crippen LogP contribution in [0.25, 0.3) is 0 Å². The molecule has 0 saturated carbocycles. The van der Waals surface area contributed by atoms with Gasteiger partial charge in [0.25, 0.3) is 0 Å². The lowest BCUT2D eigenvalue weighted by molar-refractivity contribution is -0.160. The third-order valence-corrected chi connectivity index (χ3v) is 9.11. The molecular formula is C32H41ClFN3O6. The van der Waals surface area contributed by atoms with Gasteiger partial charge in [-0.3, -0.25) is 4.79 Å². The first-order chi connectivity index (χ1) is 20.9. The number of carbonyl (C=O) groups is 2. The Morgan fingerprint density at radius 3 is 2.53 bits per heavy atom. The predicted molar refractivity (Wildman–Crippen MR) is 161 cm³/mol. The van der Waals surface area contributed by atoms with Crippen LogP contribution < -0.4 is 16.0 Å². The zero-order chi connectivity index (χ0) is 30.2. The summed E-state index contributed by atoms with van der Waals surface area (Å²) in [5.74, 6) is -1.21. The number of hydrogen-bond donors (Lipinski definition) is 3. The molecule has 0 aliphatic carbocycles. The zero-order valence-corrected chi connectivity index (χ0v) is 25.3. The average Bonchev–Trinajstić information content (AvgIpc) is 3.02. The largest absolute Gasteiger partial charge is 0.453 e. The van der Waals surface area contributed by atoms with E-state index in [1.807, 2.05) is 12.1 Å². The van der Waals surface area contributed by atoms with Crippen LogP contribution in [-0.2, 0) is 30.2 Å². The minimum atomic E-state index is -0.993. The monoisotopic (exact) mass is 617 g/mol. The van der Waals surface area contributed by atoms with Crippen molar-refractivity contribution in [2.75, 3.05) is 51.9 Å². The van der Waals surface area contributed by atoms with E-state index in [1.165, 1.54) is 13.2 Å². The summed E-state index contributed by atoms with van der Waals surface area (Å²) < 4.78 is 37.8. The third kappa shape index (κ3) is 8.05. The van der Waals surface area contributed by atoms with Crippen LogP contribution in [0, 0.1) is 11.7 Å². The Kier molecular flexibility index (Phi) is 10.9. The van der Waals surface area contributed by atoms with Crippen LogP contribution in [-0.4, -0.2) is 76.4 Å². The van der Waals surface area contributed by atoms with E-state index in [1.54, 1.807) is 24.3 Å². The Balaban J connectivity index is 1.36. The lowest BCUT2D eigenvalue weighted by Gasteiger charge is -2.44. The summed E-state index contributed by atoms with van der Waals surface area (Å²) in [4.78, 5) is 26.6. The number of rotatable bonds is 9. The Bertz CT molecular complexity index is 1230. The van der Waals surface area contributed by atoms with Crippen molar-refractivity contribution in [1.82, 2.24) is 10.6 Å². The Morgan fingerprint density at radius 1 is 1.09 bits per heavy atom. The second-order valence-electron chi connectivity index (χ2n) is 11.6. The molecule has 3 aliphatic heterocycles. The highest BCUT2D eigenvalue weighted by Crippen LogP contribution is 2.37. The van der Waals surface area contributed by atoms with Gasteiger partial charge in [-0.25, -0.2) is 9.18 Å². The van der Waals surface area contributed by atoms with E-state index in [-0.39, 0.29) is 17.6 Å². The molecule has 11 heteroatoms. The van der Waals surface area contributed by atoms with Crippen molar-refractivity contribution in [1.29, 1.82) is 0 Å². The number of nitrogens with one attached hydrogen (secondary N) is 3. The number of amides is 2. The average molecular weight is 618 g/mol. The van der Waals surface area contributed by atoms with Gasteiger partial charge in [-0.2, -0.15) is 0 Å². The number of ether oxygens (including phenoxy) is 4. The molecule has 3 aliphatic rings. The van der Waals surface area contributed by atoms with Crippen molar-refractivity contribution in [2.45, 2.75) is 62.2 Å². The third-order valence-electron chi connectivity index (χ3n) is 8.86. The lowest BCUT2D eigenvalue weighted by atomic mass is 9.76. The van der Waals surface area contributed by atoms with Crippen molar-refractivity contribution < 1.29 is 32.9 Å². The molecule has 3 saturated heterocycles. The van der Waals surface area contributed by atoms with Crippen LogP contribution in [0.3, 0.4) is 0 Å². The molecule has 0 aromatic heterocycles. The number of morpholine rings is 1. The van der Waals surface area contributed by atoms with E-state index in [9.17, 15) is 9.59 Å². The van der Waals surface area contributed by atoms with E-state index >= 15 is 4.39 Å². The van der Waals surface area contributed by atoms with Gasteiger partial charge in [-0.05, 0) is 61.4 Å². The highest BCUT2D eigenvalue weighted by molar-refractivity contribution is 6.30. The molecule has 3 N–H and O–H groups in total. The molecule has 3 fully saturated rings. The number of benzene rings is 2. The normalized spacial score (nSPS) is 22.0. The highest BCUT2D eigenvalue weighted by atomic mass is 35.5. The molecule has 0 radical (unpaired) electrons. The van der Waals surface area contributed by atoms with E-state index in [2.05, 4.69) is 16.0 Å². The first-order valence-electron chi connectivity index (χ1n) is 15.1. The number of methoxy groups -OCH3 is 1. The number of alkyl carbamates (subject to hydrolysis) is 1. The fourth-order valence-corrected chi connectivity index (χ4v) is 6.67. The summed E-state index contributed by atoms with van der Waals surface area (Å²) in [6.45, 7) is 3.92. The van der Waals surface area contributed by atoms with Crippen molar-refractivity contribution in [3.63, 3.8) is 0 Å². The maximum absolute atomic E-state index is 15.3. The first-order valence-corrected chi connectivity index (χ1v) is 15.5. The number of halogens is 2. The Labute approximate surface area is 257 Å². The first kappa shape index (κ1) is 31.7. The van der Waals surface area contributed by atoms with Crippen molar-refractivity contribution in [3.05, 3.63) is 64.4 Å². The van der Waals surface area contributed by atoms with Crippen LogP contribution >= 0.6 is 11.6 Å². The van der Waals surface area contributed by atoms with E-state index < -0.39 is 29.8 Å². The molecule has 43 heavy (non-hydrogen) atoms. The maximum atomic E-state index is 15.3. The predicted octanol–water partition coefficient (Wildman–Crippen LogP) is 4.82. The van der Waals surface area contributed by atoms with Gasteiger partial charge in [0, 0.05) is 74.6 Å². The fraction of sp³-hybridized carbons (Fsp3) is 0.562. The van der Waals surface area contributed by atoms with Crippen LogP contribution in [0.4, 0.5) is 14.9 Å². The van der Waals surface area contributed by atoms with E-state index in [0.717, 1.165) is 24.9 Å². The maximum Gasteiger partial charge on any atom is 0.407 e. The van der Waals surface area contributed by atoms with Crippen molar-refractivity contribution >= 4 is 29.3 Å². The van der Waals surface area contributed by atoms with Crippen molar-refractivity contribution in [2.24, 2.45) is 5.92 Å². The molecule has 1 unspecified atom stereocenters. The SMILES string of the molecule is COC(=O)N[C@H](C(=O)Nc1cccc(F)c1CC[C@@H]1CNCC2(CCOCC2)O1)C(c1ccc(Cl)cc1)C1CCOCC1. The topological polar surface area (TPSA) is 107 Å². The summed E-state index contributed by atoms with van der Waals surface area (Å²) >= 11 is 6.18. The van der Waals surface area contributed by atoms with Gasteiger partial charge in [-0.1, -0.05) is 29.8 Å². The van der Waals surface area contributed by atoms with Gasteiger partial charge in [-0.15, -0.1) is 0 Å². The molecule has 2 aromatic rings. The number of carbonyl (C=O) groups excluding carboxylic acids is 2. The molecular weight excluding hydrogens is 577 g/mol. The molecule has 2 amide bonds. The van der Waals surface area contributed by atoms with E-state index in [4.69, 9.17) is 30.5 Å². The van der Waals surface area contributed by atoms with Gasteiger partial charge in [0.15, 0.2) is 0 Å². The molecule has 9 nitrogen and oxygen atoms in total. The zero-order valence-electron chi connectivity index (χ0n) is 24.5.